The molecule has 1 aliphatic rings. The second-order valence-corrected chi connectivity index (χ2v) is 5.86. The Labute approximate surface area is 102 Å². The summed E-state index contributed by atoms with van der Waals surface area (Å²) in [6.45, 7) is 6.64. The van der Waals surface area contributed by atoms with Gasteiger partial charge in [-0.05, 0) is 34.9 Å². The summed E-state index contributed by atoms with van der Waals surface area (Å²) in [5.74, 6) is 0.503. The standard InChI is InChI=1S/C14H20N2O/c1-14(2,3)12-5-4-9-6-11(13(15)16-17)7-10(9)8-12/h4-5,8,11,17H,6-7H2,1-3H3,(H2,15,16). The van der Waals surface area contributed by atoms with Gasteiger partial charge < -0.3 is 10.9 Å². The Morgan fingerprint density at radius 2 is 1.94 bits per heavy atom. The van der Waals surface area contributed by atoms with Crippen LogP contribution in [-0.2, 0) is 18.3 Å². The molecule has 3 heteroatoms. The van der Waals surface area contributed by atoms with Gasteiger partial charge in [-0.3, -0.25) is 0 Å². The topological polar surface area (TPSA) is 58.6 Å². The average Bonchev–Trinajstić information content (AvgIpc) is 2.69. The molecule has 1 atom stereocenters. The summed E-state index contributed by atoms with van der Waals surface area (Å²) < 4.78 is 0. The van der Waals surface area contributed by atoms with Crippen LogP contribution < -0.4 is 5.73 Å². The maximum absolute atomic E-state index is 8.72. The highest BCUT2D eigenvalue weighted by atomic mass is 16.4. The Hall–Kier alpha value is -1.51. The molecule has 3 N–H and O–H groups in total. The van der Waals surface area contributed by atoms with Crippen molar-refractivity contribution in [1.29, 1.82) is 0 Å². The predicted molar refractivity (Wildman–Crippen MR) is 69.4 cm³/mol. The van der Waals surface area contributed by atoms with Crippen molar-refractivity contribution in [2.24, 2.45) is 16.8 Å². The molecule has 0 saturated carbocycles. The number of amidine groups is 1. The number of benzene rings is 1. The minimum absolute atomic E-state index is 0.158. The van der Waals surface area contributed by atoms with Gasteiger partial charge in [-0.15, -0.1) is 0 Å². The highest BCUT2D eigenvalue weighted by molar-refractivity contribution is 5.83. The molecule has 0 aromatic heterocycles. The van der Waals surface area contributed by atoms with Crippen molar-refractivity contribution in [3.8, 4) is 0 Å². The lowest BCUT2D eigenvalue weighted by Gasteiger charge is -2.19. The minimum atomic E-state index is 0.158. The quantitative estimate of drug-likeness (QED) is 0.338. The molecule has 0 heterocycles. The van der Waals surface area contributed by atoms with Crippen LogP contribution in [0, 0.1) is 5.92 Å². The maximum atomic E-state index is 8.72. The molecule has 1 unspecified atom stereocenters. The first-order chi connectivity index (χ1) is 7.91. The highest BCUT2D eigenvalue weighted by Gasteiger charge is 2.26. The smallest absolute Gasteiger partial charge is 0.142 e. The van der Waals surface area contributed by atoms with Gasteiger partial charge in [0, 0.05) is 5.92 Å². The molecule has 0 aliphatic heterocycles. The first-order valence-electron chi connectivity index (χ1n) is 6.01. The molecule has 0 radical (unpaired) electrons. The Balaban J connectivity index is 2.28. The summed E-state index contributed by atoms with van der Waals surface area (Å²) in [5, 5.41) is 11.8. The van der Waals surface area contributed by atoms with Crippen LogP contribution in [0.5, 0.6) is 0 Å². The van der Waals surface area contributed by atoms with Crippen LogP contribution in [0.2, 0.25) is 0 Å². The van der Waals surface area contributed by atoms with Crippen molar-refractivity contribution in [3.05, 3.63) is 34.9 Å². The van der Waals surface area contributed by atoms with E-state index in [1.807, 2.05) is 0 Å². The molecular weight excluding hydrogens is 212 g/mol. The third-order valence-electron chi connectivity index (χ3n) is 3.54. The van der Waals surface area contributed by atoms with E-state index in [1.54, 1.807) is 0 Å². The fourth-order valence-corrected chi connectivity index (χ4v) is 2.38. The highest BCUT2D eigenvalue weighted by Crippen LogP contribution is 2.31. The summed E-state index contributed by atoms with van der Waals surface area (Å²) in [4.78, 5) is 0. The van der Waals surface area contributed by atoms with Gasteiger partial charge in [0.1, 0.15) is 5.84 Å². The van der Waals surface area contributed by atoms with E-state index in [2.05, 4.69) is 44.1 Å². The Bertz CT molecular complexity index is 458. The largest absolute Gasteiger partial charge is 0.409 e. The van der Waals surface area contributed by atoms with Crippen LogP contribution in [0.15, 0.2) is 23.4 Å². The number of oxime groups is 1. The fourth-order valence-electron chi connectivity index (χ4n) is 2.38. The van der Waals surface area contributed by atoms with E-state index >= 15 is 0 Å². The second kappa shape index (κ2) is 4.06. The third-order valence-corrected chi connectivity index (χ3v) is 3.54. The summed E-state index contributed by atoms with van der Waals surface area (Å²) in [5.41, 5.74) is 9.87. The first kappa shape index (κ1) is 12.0. The molecule has 1 aromatic carbocycles. The molecule has 92 valence electrons. The first-order valence-corrected chi connectivity index (χ1v) is 6.01. The van der Waals surface area contributed by atoms with Crippen molar-refractivity contribution in [2.45, 2.75) is 39.0 Å². The lowest BCUT2D eigenvalue weighted by molar-refractivity contribution is 0.314. The number of hydrogen-bond acceptors (Lipinski definition) is 2. The fraction of sp³-hybridized carbons (Fsp3) is 0.500. The zero-order valence-corrected chi connectivity index (χ0v) is 10.7. The van der Waals surface area contributed by atoms with Crippen molar-refractivity contribution in [2.75, 3.05) is 0 Å². The lowest BCUT2D eigenvalue weighted by Crippen LogP contribution is -2.23. The number of nitrogens with zero attached hydrogens (tertiary/aromatic N) is 1. The van der Waals surface area contributed by atoms with Crippen molar-refractivity contribution < 1.29 is 5.21 Å². The van der Waals surface area contributed by atoms with E-state index in [-0.39, 0.29) is 11.3 Å². The maximum Gasteiger partial charge on any atom is 0.142 e. The Morgan fingerprint density at radius 1 is 1.29 bits per heavy atom. The van der Waals surface area contributed by atoms with Crippen LogP contribution >= 0.6 is 0 Å². The van der Waals surface area contributed by atoms with E-state index in [0.29, 0.717) is 5.84 Å². The van der Waals surface area contributed by atoms with E-state index in [0.717, 1.165) is 12.8 Å². The summed E-state index contributed by atoms with van der Waals surface area (Å²) in [7, 11) is 0. The zero-order valence-electron chi connectivity index (χ0n) is 10.7. The van der Waals surface area contributed by atoms with Gasteiger partial charge in [-0.1, -0.05) is 44.1 Å². The second-order valence-electron chi connectivity index (χ2n) is 5.86. The normalized spacial score (nSPS) is 20.4. The van der Waals surface area contributed by atoms with E-state index in [1.165, 1.54) is 16.7 Å². The Kier molecular flexibility index (Phi) is 2.86. The third kappa shape index (κ3) is 2.28. The van der Waals surface area contributed by atoms with Gasteiger partial charge in [0.15, 0.2) is 0 Å². The van der Waals surface area contributed by atoms with Crippen LogP contribution in [-0.4, -0.2) is 11.0 Å². The molecule has 0 bridgehead atoms. The predicted octanol–water partition coefficient (Wildman–Crippen LogP) is 2.45. The zero-order chi connectivity index (χ0) is 12.6. The van der Waals surface area contributed by atoms with Crippen LogP contribution in [0.3, 0.4) is 0 Å². The monoisotopic (exact) mass is 232 g/mol. The molecule has 0 fully saturated rings. The van der Waals surface area contributed by atoms with Gasteiger partial charge in [0.25, 0.3) is 0 Å². The van der Waals surface area contributed by atoms with Gasteiger partial charge in [0.2, 0.25) is 0 Å². The molecule has 1 aliphatic carbocycles. The van der Waals surface area contributed by atoms with E-state index in [4.69, 9.17) is 10.9 Å². The minimum Gasteiger partial charge on any atom is -0.409 e. The molecule has 17 heavy (non-hydrogen) atoms. The van der Waals surface area contributed by atoms with Crippen molar-refractivity contribution in [1.82, 2.24) is 0 Å². The number of fused-ring (bicyclic) bond motifs is 1. The van der Waals surface area contributed by atoms with Crippen LogP contribution in [0.1, 0.15) is 37.5 Å². The SMILES string of the molecule is CC(C)(C)c1ccc2c(c1)CC(C(N)=NO)C2. The molecule has 1 aromatic rings. The lowest BCUT2D eigenvalue weighted by atomic mass is 9.85. The van der Waals surface area contributed by atoms with Crippen LogP contribution in [0.25, 0.3) is 0 Å². The van der Waals surface area contributed by atoms with Gasteiger partial charge in [-0.25, -0.2) is 0 Å². The number of nitrogens with two attached hydrogens (primary N) is 1. The molecule has 0 amide bonds. The van der Waals surface area contributed by atoms with E-state index < -0.39 is 0 Å². The van der Waals surface area contributed by atoms with Crippen molar-refractivity contribution in [3.63, 3.8) is 0 Å². The number of hydrogen-bond donors (Lipinski definition) is 2. The van der Waals surface area contributed by atoms with Gasteiger partial charge >= 0.3 is 0 Å². The molecular formula is C14H20N2O. The Morgan fingerprint density at radius 3 is 2.53 bits per heavy atom. The molecule has 3 nitrogen and oxygen atoms in total. The molecule has 0 saturated heterocycles. The van der Waals surface area contributed by atoms with Crippen LogP contribution in [0.4, 0.5) is 0 Å². The van der Waals surface area contributed by atoms with Gasteiger partial charge in [-0.2, -0.15) is 0 Å². The summed E-state index contributed by atoms with van der Waals surface area (Å²) in [6, 6.07) is 6.63. The van der Waals surface area contributed by atoms with Crippen molar-refractivity contribution >= 4 is 5.84 Å². The van der Waals surface area contributed by atoms with E-state index in [9.17, 15) is 0 Å². The molecule has 0 spiro atoms. The average molecular weight is 232 g/mol. The summed E-state index contributed by atoms with van der Waals surface area (Å²) in [6.07, 6.45) is 1.77. The number of rotatable bonds is 1. The molecule has 2 rings (SSSR count). The summed E-state index contributed by atoms with van der Waals surface area (Å²) >= 11 is 0. The van der Waals surface area contributed by atoms with Gasteiger partial charge in [0.05, 0.1) is 0 Å².